The van der Waals surface area contributed by atoms with Crippen molar-refractivity contribution in [2.45, 2.75) is 19.4 Å². The second-order valence-corrected chi connectivity index (χ2v) is 7.43. The van der Waals surface area contributed by atoms with Gasteiger partial charge in [-0.15, -0.1) is 0 Å². The average Bonchev–Trinajstić information content (AvgIpc) is 3.34. The van der Waals surface area contributed by atoms with Crippen LogP contribution in [0.3, 0.4) is 0 Å². The summed E-state index contributed by atoms with van der Waals surface area (Å²) in [7, 11) is 1.88. The number of hydrogen-bond acceptors (Lipinski definition) is 7. The Labute approximate surface area is 178 Å². The number of morpholine rings is 1. The van der Waals surface area contributed by atoms with Gasteiger partial charge in [-0.2, -0.15) is 5.10 Å². The molecule has 0 N–H and O–H groups in total. The standard InChI is InChI=1S/C20H22ClN5O4/c1-13-19(24-30-23-13)20(27)26-8-10-29-18(12-26)16-11-14(25(2)22-16)7-9-28-17-6-4-3-5-15(17)21/h3-6,11,18H,7-10,12H2,1-2H3. The Morgan fingerprint density at radius 2 is 2.17 bits per heavy atom. The summed E-state index contributed by atoms with van der Waals surface area (Å²) in [6.07, 6.45) is 0.348. The van der Waals surface area contributed by atoms with Gasteiger partial charge in [0.15, 0.2) is 5.69 Å². The largest absolute Gasteiger partial charge is 0.492 e. The third-order valence-electron chi connectivity index (χ3n) is 4.99. The van der Waals surface area contributed by atoms with E-state index in [0.29, 0.717) is 49.2 Å². The van der Waals surface area contributed by atoms with Gasteiger partial charge in [-0.25, -0.2) is 4.63 Å². The maximum Gasteiger partial charge on any atom is 0.278 e. The summed E-state index contributed by atoms with van der Waals surface area (Å²) >= 11 is 6.12. The Morgan fingerprint density at radius 1 is 1.33 bits per heavy atom. The number of ether oxygens (including phenoxy) is 2. The SMILES string of the molecule is Cc1nonc1C(=O)N1CCOC(c2cc(CCOc3ccccc3Cl)n(C)n2)C1. The molecule has 1 atom stereocenters. The summed E-state index contributed by atoms with van der Waals surface area (Å²) in [6.45, 7) is 3.45. The number of carbonyl (C=O) groups is 1. The molecule has 3 aromatic rings. The number of nitrogens with zero attached hydrogens (tertiary/aromatic N) is 5. The molecule has 9 nitrogen and oxygen atoms in total. The average molecular weight is 432 g/mol. The van der Waals surface area contributed by atoms with E-state index in [-0.39, 0.29) is 17.7 Å². The summed E-state index contributed by atoms with van der Waals surface area (Å²) in [4.78, 5) is 14.4. The number of halogens is 1. The van der Waals surface area contributed by atoms with Crippen molar-refractivity contribution in [3.05, 3.63) is 58.1 Å². The summed E-state index contributed by atoms with van der Waals surface area (Å²) in [5.74, 6) is 0.440. The van der Waals surface area contributed by atoms with Crippen molar-refractivity contribution in [2.24, 2.45) is 7.05 Å². The number of para-hydroxylation sites is 1. The maximum atomic E-state index is 12.7. The van der Waals surface area contributed by atoms with E-state index in [2.05, 4.69) is 20.0 Å². The van der Waals surface area contributed by atoms with Crippen molar-refractivity contribution in [3.8, 4) is 5.75 Å². The van der Waals surface area contributed by atoms with Gasteiger partial charge in [0.1, 0.15) is 17.5 Å². The summed E-state index contributed by atoms with van der Waals surface area (Å²) < 4.78 is 18.1. The zero-order chi connectivity index (χ0) is 21.1. The second-order valence-electron chi connectivity index (χ2n) is 7.02. The second kappa shape index (κ2) is 8.85. The number of amides is 1. The number of rotatable bonds is 6. The first-order valence-electron chi connectivity index (χ1n) is 9.63. The van der Waals surface area contributed by atoms with Crippen molar-refractivity contribution in [3.63, 3.8) is 0 Å². The van der Waals surface area contributed by atoms with Crippen molar-refractivity contribution in [2.75, 3.05) is 26.3 Å². The highest BCUT2D eigenvalue weighted by Gasteiger charge is 2.30. The van der Waals surface area contributed by atoms with Crippen LogP contribution in [0.15, 0.2) is 35.0 Å². The van der Waals surface area contributed by atoms with Gasteiger partial charge in [-0.1, -0.05) is 28.9 Å². The number of benzene rings is 1. The smallest absolute Gasteiger partial charge is 0.278 e. The van der Waals surface area contributed by atoms with E-state index in [1.165, 1.54) is 0 Å². The first-order valence-corrected chi connectivity index (χ1v) is 10.0. The van der Waals surface area contributed by atoms with Crippen LogP contribution in [0.5, 0.6) is 5.75 Å². The fourth-order valence-corrected chi connectivity index (χ4v) is 3.53. The van der Waals surface area contributed by atoms with E-state index in [0.717, 1.165) is 11.4 Å². The Balaban J connectivity index is 1.39. The molecule has 0 spiro atoms. The lowest BCUT2D eigenvalue weighted by Gasteiger charge is -2.31. The molecule has 4 rings (SSSR count). The Bertz CT molecular complexity index is 1030. The van der Waals surface area contributed by atoms with Gasteiger partial charge < -0.3 is 14.4 Å². The molecular weight excluding hydrogens is 410 g/mol. The molecule has 0 saturated carbocycles. The lowest BCUT2D eigenvalue weighted by molar-refractivity contribution is -0.0252. The number of hydrogen-bond donors (Lipinski definition) is 0. The molecule has 1 fully saturated rings. The van der Waals surface area contributed by atoms with Crippen molar-refractivity contribution < 1.29 is 18.9 Å². The summed E-state index contributed by atoms with van der Waals surface area (Å²) in [6, 6.07) is 9.36. The Kier molecular flexibility index (Phi) is 6.01. The van der Waals surface area contributed by atoms with Gasteiger partial charge in [-0.05, 0) is 30.3 Å². The number of aromatic nitrogens is 4. The van der Waals surface area contributed by atoms with E-state index in [9.17, 15) is 4.79 Å². The van der Waals surface area contributed by atoms with Crippen LogP contribution in [0.2, 0.25) is 5.02 Å². The molecule has 3 heterocycles. The highest BCUT2D eigenvalue weighted by atomic mass is 35.5. The van der Waals surface area contributed by atoms with Gasteiger partial charge in [0.05, 0.1) is 30.5 Å². The van der Waals surface area contributed by atoms with Gasteiger partial charge >= 0.3 is 0 Å². The first-order chi connectivity index (χ1) is 14.5. The molecule has 0 radical (unpaired) electrons. The zero-order valence-electron chi connectivity index (χ0n) is 16.7. The molecule has 1 amide bonds. The molecule has 10 heteroatoms. The minimum atomic E-state index is -0.313. The highest BCUT2D eigenvalue weighted by molar-refractivity contribution is 6.32. The molecule has 0 aliphatic carbocycles. The predicted octanol–water partition coefficient (Wildman–Crippen LogP) is 2.60. The van der Waals surface area contributed by atoms with Crippen LogP contribution < -0.4 is 4.74 Å². The minimum absolute atomic E-state index is 0.216. The topological polar surface area (TPSA) is 95.5 Å². The summed E-state index contributed by atoms with van der Waals surface area (Å²) in [5.41, 5.74) is 2.48. The minimum Gasteiger partial charge on any atom is -0.492 e. The molecule has 0 bridgehead atoms. The molecule has 1 unspecified atom stereocenters. The lowest BCUT2D eigenvalue weighted by atomic mass is 10.1. The van der Waals surface area contributed by atoms with E-state index in [1.54, 1.807) is 22.6 Å². The molecule has 1 aromatic carbocycles. The summed E-state index contributed by atoms with van der Waals surface area (Å²) in [5, 5.41) is 12.6. The molecule has 1 saturated heterocycles. The van der Waals surface area contributed by atoms with E-state index in [1.807, 2.05) is 31.3 Å². The molecule has 30 heavy (non-hydrogen) atoms. The Hall–Kier alpha value is -2.91. The lowest BCUT2D eigenvalue weighted by Crippen LogP contribution is -2.42. The van der Waals surface area contributed by atoms with Crippen molar-refractivity contribution in [1.29, 1.82) is 0 Å². The zero-order valence-corrected chi connectivity index (χ0v) is 17.5. The molecular formula is C20H22ClN5O4. The van der Waals surface area contributed by atoms with Crippen LogP contribution in [-0.4, -0.2) is 57.2 Å². The first kappa shape index (κ1) is 20.4. The number of aryl methyl sites for hydroxylation is 2. The third kappa shape index (κ3) is 4.31. The van der Waals surface area contributed by atoms with Gasteiger partial charge in [-0.3, -0.25) is 9.48 Å². The van der Waals surface area contributed by atoms with Gasteiger partial charge in [0.2, 0.25) is 0 Å². The van der Waals surface area contributed by atoms with Crippen LogP contribution in [-0.2, 0) is 18.2 Å². The van der Waals surface area contributed by atoms with Crippen molar-refractivity contribution >= 4 is 17.5 Å². The third-order valence-corrected chi connectivity index (χ3v) is 5.30. The van der Waals surface area contributed by atoms with Gasteiger partial charge in [0, 0.05) is 25.7 Å². The van der Waals surface area contributed by atoms with E-state index < -0.39 is 0 Å². The fraction of sp³-hybridized carbons (Fsp3) is 0.400. The molecule has 2 aromatic heterocycles. The monoisotopic (exact) mass is 431 g/mol. The van der Waals surface area contributed by atoms with Crippen LogP contribution in [0.4, 0.5) is 0 Å². The maximum absolute atomic E-state index is 12.7. The van der Waals surface area contributed by atoms with E-state index in [4.69, 9.17) is 21.1 Å². The normalized spacial score (nSPS) is 16.6. The molecule has 158 valence electrons. The molecule has 1 aliphatic rings. The highest BCUT2D eigenvalue weighted by Crippen LogP contribution is 2.25. The predicted molar refractivity (Wildman–Crippen MR) is 107 cm³/mol. The van der Waals surface area contributed by atoms with Crippen molar-refractivity contribution in [1.82, 2.24) is 25.0 Å². The Morgan fingerprint density at radius 3 is 2.93 bits per heavy atom. The van der Waals surface area contributed by atoms with Crippen LogP contribution in [0.25, 0.3) is 0 Å². The number of carbonyl (C=O) groups excluding carboxylic acids is 1. The van der Waals surface area contributed by atoms with Crippen LogP contribution in [0.1, 0.15) is 33.7 Å². The van der Waals surface area contributed by atoms with Crippen LogP contribution in [0, 0.1) is 6.92 Å². The fourth-order valence-electron chi connectivity index (χ4n) is 3.34. The molecule has 1 aliphatic heterocycles. The van der Waals surface area contributed by atoms with E-state index >= 15 is 0 Å². The van der Waals surface area contributed by atoms with Gasteiger partial charge in [0.25, 0.3) is 5.91 Å². The van der Waals surface area contributed by atoms with Crippen LogP contribution >= 0.6 is 11.6 Å². The quantitative estimate of drug-likeness (QED) is 0.591.